The molecule has 3 aliphatic heterocycles. The highest BCUT2D eigenvalue weighted by Crippen LogP contribution is 2.42. The van der Waals surface area contributed by atoms with Gasteiger partial charge in [-0.15, -0.1) is 35.3 Å². The molecule has 0 amide bonds. The van der Waals surface area contributed by atoms with Crippen LogP contribution in [0.1, 0.15) is 40.5 Å². The molecular formula is C18H32O3S3. The van der Waals surface area contributed by atoms with Crippen LogP contribution < -0.4 is 0 Å². The van der Waals surface area contributed by atoms with Gasteiger partial charge in [-0.05, 0) is 24.7 Å². The molecule has 3 heterocycles. The van der Waals surface area contributed by atoms with Crippen LogP contribution >= 0.6 is 35.3 Å². The van der Waals surface area contributed by atoms with Crippen LogP contribution in [0.2, 0.25) is 0 Å². The maximum atomic E-state index is 6.39. The Kier molecular flexibility index (Phi) is 7.57. The Morgan fingerprint density at radius 3 is 2.25 bits per heavy atom. The van der Waals surface area contributed by atoms with Gasteiger partial charge in [0.1, 0.15) is 5.44 Å². The third-order valence-corrected chi connectivity index (χ3v) is 9.95. The number of hydrogen-bond donors (Lipinski definition) is 0. The van der Waals surface area contributed by atoms with E-state index in [0.717, 1.165) is 29.3 Å². The molecule has 3 aliphatic rings. The second-order valence-corrected chi connectivity index (χ2v) is 11.6. The monoisotopic (exact) mass is 392 g/mol. The average molecular weight is 393 g/mol. The lowest BCUT2D eigenvalue weighted by Crippen LogP contribution is -2.25. The lowest BCUT2D eigenvalue weighted by molar-refractivity contribution is -0.0912. The van der Waals surface area contributed by atoms with Crippen molar-refractivity contribution in [1.82, 2.24) is 0 Å². The molecular weight excluding hydrogens is 360 g/mol. The maximum absolute atomic E-state index is 6.39. The third kappa shape index (κ3) is 5.23. The molecule has 6 heteroatoms. The quantitative estimate of drug-likeness (QED) is 0.623. The Balaban J connectivity index is 1.38. The third-order valence-electron chi connectivity index (χ3n) is 4.94. The minimum Gasteiger partial charge on any atom is -0.363 e. The van der Waals surface area contributed by atoms with Crippen molar-refractivity contribution in [3.63, 3.8) is 0 Å². The normalized spacial score (nSPS) is 37.4. The van der Waals surface area contributed by atoms with E-state index in [-0.39, 0.29) is 12.4 Å². The van der Waals surface area contributed by atoms with Crippen LogP contribution in [0.25, 0.3) is 0 Å². The van der Waals surface area contributed by atoms with E-state index in [1.165, 1.54) is 17.9 Å². The average Bonchev–Trinajstić information content (AvgIpc) is 3.28. The molecule has 0 saturated carbocycles. The number of thioether (sulfide) groups is 3. The minimum absolute atomic E-state index is 0.0191. The second kappa shape index (κ2) is 9.23. The molecule has 0 radical (unpaired) electrons. The molecule has 3 saturated heterocycles. The summed E-state index contributed by atoms with van der Waals surface area (Å²) in [7, 11) is 0. The first-order valence-corrected chi connectivity index (χ1v) is 12.4. The van der Waals surface area contributed by atoms with Gasteiger partial charge in [0.25, 0.3) is 0 Å². The van der Waals surface area contributed by atoms with E-state index in [4.69, 9.17) is 14.2 Å². The molecule has 0 aromatic rings. The van der Waals surface area contributed by atoms with Gasteiger partial charge in [-0.2, -0.15) is 0 Å². The maximum Gasteiger partial charge on any atom is 0.160 e. The fraction of sp³-hybridized carbons (Fsp3) is 1.00. The fourth-order valence-electron chi connectivity index (χ4n) is 3.59. The van der Waals surface area contributed by atoms with Crippen LogP contribution in [0.15, 0.2) is 0 Å². The van der Waals surface area contributed by atoms with E-state index in [0.29, 0.717) is 23.4 Å². The zero-order valence-electron chi connectivity index (χ0n) is 15.3. The molecule has 6 atom stereocenters. The Bertz CT molecular complexity index is 390. The van der Waals surface area contributed by atoms with Gasteiger partial charge in [0.15, 0.2) is 6.29 Å². The molecule has 24 heavy (non-hydrogen) atoms. The Morgan fingerprint density at radius 1 is 0.875 bits per heavy atom. The predicted molar refractivity (Wildman–Crippen MR) is 107 cm³/mol. The summed E-state index contributed by atoms with van der Waals surface area (Å²) in [6.45, 7) is 9.74. The Labute approximate surface area is 160 Å². The van der Waals surface area contributed by atoms with Crippen LogP contribution in [-0.2, 0) is 14.2 Å². The molecule has 0 spiro atoms. The first kappa shape index (κ1) is 19.7. The number of ether oxygens (including phenoxy) is 3. The van der Waals surface area contributed by atoms with Gasteiger partial charge >= 0.3 is 0 Å². The van der Waals surface area contributed by atoms with Crippen molar-refractivity contribution in [2.75, 3.05) is 23.9 Å². The summed E-state index contributed by atoms with van der Waals surface area (Å²) in [5, 5.41) is 0. The van der Waals surface area contributed by atoms with Gasteiger partial charge in [0.05, 0.1) is 23.4 Å². The van der Waals surface area contributed by atoms with Crippen LogP contribution in [0.5, 0.6) is 0 Å². The Morgan fingerprint density at radius 2 is 1.58 bits per heavy atom. The molecule has 0 bridgehead atoms. The van der Waals surface area contributed by atoms with Crippen molar-refractivity contribution < 1.29 is 14.2 Å². The predicted octanol–water partition coefficient (Wildman–Crippen LogP) is 4.70. The molecule has 0 aliphatic carbocycles. The van der Waals surface area contributed by atoms with Gasteiger partial charge in [0.2, 0.25) is 0 Å². The van der Waals surface area contributed by atoms with Crippen LogP contribution in [0.3, 0.4) is 0 Å². The zero-order valence-corrected chi connectivity index (χ0v) is 17.8. The van der Waals surface area contributed by atoms with Crippen molar-refractivity contribution in [2.24, 2.45) is 17.8 Å². The lowest BCUT2D eigenvalue weighted by atomic mass is 10.0. The Hall–Kier alpha value is 0.930. The summed E-state index contributed by atoms with van der Waals surface area (Å²) in [4.78, 5) is 0. The van der Waals surface area contributed by atoms with E-state index < -0.39 is 0 Å². The van der Waals surface area contributed by atoms with Gasteiger partial charge in [-0.25, -0.2) is 0 Å². The SMILES string of the molecule is CC(C)C1OCC(CC(C)C2OC(CC(C)C3SCCS3)CS2)O1. The van der Waals surface area contributed by atoms with Crippen LogP contribution in [0, 0.1) is 17.8 Å². The first-order valence-electron chi connectivity index (χ1n) is 9.30. The standard InChI is InChI=1S/C18H32O3S3/c1-11(2)16-19-9-14(20-16)7-12(3)17-21-15(10-24-17)8-13(4)18-22-5-6-23-18/h11-18H,5-10H2,1-4H3. The molecule has 0 aromatic heterocycles. The summed E-state index contributed by atoms with van der Waals surface area (Å²) >= 11 is 6.27. The zero-order chi connectivity index (χ0) is 17.1. The molecule has 3 fully saturated rings. The van der Waals surface area contributed by atoms with Crippen LogP contribution in [0.4, 0.5) is 0 Å². The molecule has 3 rings (SSSR count). The molecule has 0 N–H and O–H groups in total. The van der Waals surface area contributed by atoms with E-state index in [9.17, 15) is 0 Å². The van der Waals surface area contributed by atoms with Crippen molar-refractivity contribution in [2.45, 2.75) is 69.1 Å². The summed E-state index contributed by atoms with van der Waals surface area (Å²) in [6, 6.07) is 0. The fourth-order valence-corrected chi connectivity index (χ4v) is 7.96. The van der Waals surface area contributed by atoms with Crippen molar-refractivity contribution in [3.05, 3.63) is 0 Å². The van der Waals surface area contributed by atoms with E-state index in [1.807, 2.05) is 11.8 Å². The smallest absolute Gasteiger partial charge is 0.160 e. The van der Waals surface area contributed by atoms with Crippen LogP contribution in [-0.4, -0.2) is 52.4 Å². The van der Waals surface area contributed by atoms with E-state index >= 15 is 0 Å². The minimum atomic E-state index is -0.0191. The summed E-state index contributed by atoms with van der Waals surface area (Å²) < 4.78 is 18.9. The van der Waals surface area contributed by atoms with Gasteiger partial charge < -0.3 is 14.2 Å². The molecule has 6 unspecified atom stereocenters. The molecule has 3 nitrogen and oxygen atoms in total. The largest absolute Gasteiger partial charge is 0.363 e. The van der Waals surface area contributed by atoms with E-state index in [2.05, 4.69) is 51.2 Å². The highest BCUT2D eigenvalue weighted by Gasteiger charge is 2.36. The lowest BCUT2D eigenvalue weighted by Gasteiger charge is -2.24. The summed E-state index contributed by atoms with van der Waals surface area (Å²) in [5.74, 6) is 5.49. The van der Waals surface area contributed by atoms with Gasteiger partial charge in [0, 0.05) is 23.2 Å². The number of hydrogen-bond acceptors (Lipinski definition) is 6. The topological polar surface area (TPSA) is 27.7 Å². The number of rotatable bonds is 7. The van der Waals surface area contributed by atoms with Gasteiger partial charge in [-0.1, -0.05) is 27.7 Å². The van der Waals surface area contributed by atoms with E-state index in [1.54, 1.807) is 0 Å². The van der Waals surface area contributed by atoms with Crippen molar-refractivity contribution >= 4 is 35.3 Å². The van der Waals surface area contributed by atoms with Gasteiger partial charge in [-0.3, -0.25) is 0 Å². The second-order valence-electron chi connectivity index (χ2n) is 7.70. The molecule has 140 valence electrons. The highest BCUT2D eigenvalue weighted by atomic mass is 32.2. The van der Waals surface area contributed by atoms with Crippen molar-refractivity contribution in [1.29, 1.82) is 0 Å². The summed E-state index contributed by atoms with van der Waals surface area (Å²) in [5.41, 5.74) is 0.327. The first-order chi connectivity index (χ1) is 11.5. The van der Waals surface area contributed by atoms with Crippen molar-refractivity contribution in [3.8, 4) is 0 Å². The summed E-state index contributed by atoms with van der Waals surface area (Å²) in [6.07, 6.45) is 2.90. The molecule has 0 aromatic carbocycles. The highest BCUT2D eigenvalue weighted by molar-refractivity contribution is 8.20.